The summed E-state index contributed by atoms with van der Waals surface area (Å²) in [4.78, 5) is 155. The third-order valence-electron chi connectivity index (χ3n) is 17.1. The van der Waals surface area contributed by atoms with Gasteiger partial charge < -0.3 is 63.2 Å². The summed E-state index contributed by atoms with van der Waals surface area (Å²) in [6.45, 7) is 8.72. The third kappa shape index (κ3) is 26.3. The van der Waals surface area contributed by atoms with Gasteiger partial charge in [0.05, 0.1) is 18.1 Å². The number of guanidine groups is 1. The summed E-state index contributed by atoms with van der Waals surface area (Å²) in [6.07, 6.45) is 4.69. The van der Waals surface area contributed by atoms with Crippen molar-refractivity contribution in [1.82, 2.24) is 67.4 Å². The normalized spacial score (nSPS) is 14.7. The monoisotopic (exact) mass is 1450 g/mol. The average Bonchev–Trinajstić information content (AvgIpc) is 1.69. The van der Waals surface area contributed by atoms with E-state index < -0.39 is 118 Å². The molecule has 3 heterocycles. The number of benzene rings is 4. The largest absolute Gasteiger partial charge is 0.374 e. The highest BCUT2D eigenvalue weighted by atomic mass is 32.2. The highest BCUT2D eigenvalue weighted by molar-refractivity contribution is 7.90. The Kier molecular flexibility index (Phi) is 32.1. The molecule has 0 unspecified atom stereocenters. The number of aromatic nitrogens is 2. The van der Waals surface area contributed by atoms with Gasteiger partial charge in [0.25, 0.3) is 21.8 Å². The van der Waals surface area contributed by atoms with Gasteiger partial charge in [-0.25, -0.2) is 13.1 Å². The zero-order chi connectivity index (χ0) is 75.0. The van der Waals surface area contributed by atoms with Crippen LogP contribution in [0.3, 0.4) is 0 Å². The molecule has 7 rings (SSSR count). The number of likely N-dealkylation sites (N-methyl/N-ethyl adjacent to an activating group) is 1. The average molecular weight is 1450 g/mol. The highest BCUT2D eigenvalue weighted by Gasteiger charge is 2.39. The van der Waals surface area contributed by atoms with Crippen LogP contribution >= 0.6 is 0 Å². The molecule has 0 saturated carbocycles. The lowest BCUT2D eigenvalue weighted by molar-refractivity contribution is -0.142. The van der Waals surface area contributed by atoms with Crippen LogP contribution in [0.25, 0.3) is 10.8 Å². The number of aryl methyl sites for hydroxylation is 1. The Hall–Kier alpha value is -10.7. The molecule has 2 aromatic heterocycles. The number of carbonyl (C=O) groups excluding carboxylic acids is 10. The molecule has 104 heavy (non-hydrogen) atoms. The second-order valence-corrected chi connectivity index (χ2v) is 27.6. The highest BCUT2D eigenvalue weighted by Crippen LogP contribution is 2.22. The summed E-state index contributed by atoms with van der Waals surface area (Å²) < 4.78 is 34.6. The maximum atomic E-state index is 15.2. The standard InChI is InChI=1S/C75H97N15O13S/c1-6-77-73(99)65-31-21-43-90(65)74(100)61(30-20-42-82-75(76)89-104(101,102)56-36-32-50(4)33-37-56)86-70(96)62(44-49(2)3)87-69(95)60(29-15-19-41-81-67(93)58-27-13-17-39-79-58)84-68(94)59(28-14-18-40-80-66(92)57-26-12-16-38-78-57)85-72(98)64(48-103-47-52-22-8-7-9-23-52)88-71(97)63(83-51(5)91)46-53-34-35-54-24-10-11-25-55(54)45-53/h7-13,16-17,22-27,32-39,45,49,59-65H,6,14-15,18-21,28-31,40-44,46-48H2,1-5H3,(H,77,99)(H,80,92)(H,81,93)(H,83,91)(H,84,94)(H,85,98)(H,86,96)(H,87,95)(H,88,97)(H3,76,82,89)/t59-,60+,61-,62-,63+,64-,65-/m0/s1. The number of likely N-dealkylation sites (tertiary alicyclic amines) is 1. The first-order valence-corrected chi connectivity index (χ1v) is 36.7. The molecule has 4 aromatic carbocycles. The van der Waals surface area contributed by atoms with Crippen molar-refractivity contribution in [2.24, 2.45) is 16.6 Å². The Morgan fingerprint density at radius 1 is 0.587 bits per heavy atom. The van der Waals surface area contributed by atoms with Gasteiger partial charge in [0.1, 0.15) is 53.7 Å². The topological polar surface area (TPSA) is 402 Å². The molecule has 1 aliphatic rings. The molecular formula is C75H97N15O13S. The minimum atomic E-state index is -4.11. The van der Waals surface area contributed by atoms with Crippen molar-refractivity contribution < 1.29 is 61.1 Å². The van der Waals surface area contributed by atoms with E-state index in [-0.39, 0.29) is 125 Å². The van der Waals surface area contributed by atoms with Crippen molar-refractivity contribution in [3.8, 4) is 0 Å². The molecule has 1 fully saturated rings. The number of nitrogens with two attached hydrogens (primary N) is 1. The number of aliphatic imine (C=N–C) groups is 1. The maximum Gasteiger partial charge on any atom is 0.269 e. The Morgan fingerprint density at radius 3 is 1.71 bits per heavy atom. The van der Waals surface area contributed by atoms with Gasteiger partial charge in [-0.1, -0.05) is 116 Å². The first-order chi connectivity index (χ1) is 50.0. The van der Waals surface area contributed by atoms with E-state index in [4.69, 9.17) is 10.5 Å². The number of nitrogens with one attached hydrogen (secondary N) is 10. The van der Waals surface area contributed by atoms with Crippen molar-refractivity contribution in [2.75, 3.05) is 39.3 Å². The predicted octanol–water partition coefficient (Wildman–Crippen LogP) is 4.07. The van der Waals surface area contributed by atoms with Gasteiger partial charge in [0, 0.05) is 58.5 Å². The molecule has 1 aliphatic heterocycles. The summed E-state index contributed by atoms with van der Waals surface area (Å²) in [5.74, 6) is -7.10. The van der Waals surface area contributed by atoms with Crippen LogP contribution in [0.2, 0.25) is 0 Å². The molecule has 29 heteroatoms. The van der Waals surface area contributed by atoms with Gasteiger partial charge in [-0.2, -0.15) is 0 Å². The summed E-state index contributed by atoms with van der Waals surface area (Å²) in [5, 5.41) is 27.1. The zero-order valence-corrected chi connectivity index (χ0v) is 60.3. The van der Waals surface area contributed by atoms with Crippen molar-refractivity contribution in [3.63, 3.8) is 0 Å². The smallest absolute Gasteiger partial charge is 0.269 e. The number of fused-ring (bicyclic) bond motifs is 1. The quantitative estimate of drug-likeness (QED) is 0.0147. The van der Waals surface area contributed by atoms with Crippen molar-refractivity contribution >= 4 is 85.8 Å². The van der Waals surface area contributed by atoms with E-state index in [9.17, 15) is 42.0 Å². The summed E-state index contributed by atoms with van der Waals surface area (Å²) in [5.41, 5.74) is 8.73. The van der Waals surface area contributed by atoms with Crippen LogP contribution in [0.1, 0.15) is 136 Å². The number of nitrogens with zero attached hydrogens (tertiary/aromatic N) is 4. The third-order valence-corrected chi connectivity index (χ3v) is 18.5. The number of pyridine rings is 2. The zero-order valence-electron chi connectivity index (χ0n) is 59.5. The minimum absolute atomic E-state index is 0.0159. The Labute approximate surface area is 606 Å². The van der Waals surface area contributed by atoms with Crippen LogP contribution in [0.5, 0.6) is 0 Å². The number of amides is 10. The van der Waals surface area contributed by atoms with E-state index in [0.717, 1.165) is 21.9 Å². The first-order valence-electron chi connectivity index (χ1n) is 35.2. The van der Waals surface area contributed by atoms with Crippen LogP contribution in [0.15, 0.2) is 156 Å². The number of unbranched alkanes of at least 4 members (excludes halogenated alkanes) is 2. The SMILES string of the molecule is CCNC(=O)[C@@H]1CCCN1C(=O)[C@H](CCCN=C(N)NS(=O)(=O)c1ccc(C)cc1)NC(=O)[C@H](CC(C)C)NC(=O)[C@@H](CCCCNC(=O)c1ccccn1)NC(=O)[C@H](CCCCNC(=O)c1ccccn1)NC(=O)[C@H](COCc1ccccc1)NC(=O)[C@@H](Cc1ccc2ccccc2c1)NC(C)=O. The molecule has 0 spiro atoms. The number of sulfonamides is 1. The second kappa shape index (κ2) is 41.4. The second-order valence-electron chi connectivity index (χ2n) is 25.9. The van der Waals surface area contributed by atoms with Crippen LogP contribution in [0.4, 0.5) is 0 Å². The van der Waals surface area contributed by atoms with E-state index in [1.54, 1.807) is 55.5 Å². The minimum Gasteiger partial charge on any atom is -0.374 e. The lowest BCUT2D eigenvalue weighted by Crippen LogP contribution is -2.60. The fourth-order valence-electron chi connectivity index (χ4n) is 11.7. The van der Waals surface area contributed by atoms with Crippen molar-refractivity contribution in [3.05, 3.63) is 174 Å². The molecule has 556 valence electrons. The fraction of sp³-hybridized carbons (Fsp3) is 0.427. The summed E-state index contributed by atoms with van der Waals surface area (Å²) in [6, 6.07) is 29.2. The number of hydrogen-bond donors (Lipinski definition) is 11. The van der Waals surface area contributed by atoms with E-state index in [2.05, 4.69) is 67.5 Å². The Morgan fingerprint density at radius 2 is 1.12 bits per heavy atom. The van der Waals surface area contributed by atoms with E-state index in [1.807, 2.05) is 93.6 Å². The van der Waals surface area contributed by atoms with Gasteiger partial charge in [-0.05, 0) is 149 Å². The Balaban J connectivity index is 1.16. The number of hydrogen-bond acceptors (Lipinski definition) is 16. The molecule has 28 nitrogen and oxygen atoms in total. The van der Waals surface area contributed by atoms with Crippen LogP contribution in [0, 0.1) is 12.8 Å². The van der Waals surface area contributed by atoms with E-state index in [1.165, 1.54) is 36.4 Å². The van der Waals surface area contributed by atoms with Crippen molar-refractivity contribution in [1.29, 1.82) is 0 Å². The molecule has 12 N–H and O–H groups in total. The number of carbonyl (C=O) groups is 10. The van der Waals surface area contributed by atoms with Gasteiger partial charge in [0.15, 0.2) is 0 Å². The van der Waals surface area contributed by atoms with Gasteiger partial charge >= 0.3 is 0 Å². The fourth-order valence-corrected chi connectivity index (χ4v) is 12.7. The van der Waals surface area contributed by atoms with Crippen LogP contribution < -0.4 is 58.3 Å². The van der Waals surface area contributed by atoms with Crippen LogP contribution in [-0.4, -0.2) is 170 Å². The number of rotatable bonds is 40. The molecule has 0 aliphatic carbocycles. The summed E-state index contributed by atoms with van der Waals surface area (Å²) in [7, 11) is -4.11. The van der Waals surface area contributed by atoms with Crippen LogP contribution in [-0.2, 0) is 66.1 Å². The lowest BCUT2D eigenvalue weighted by Gasteiger charge is -2.30. The molecule has 0 radical (unpaired) electrons. The van der Waals surface area contributed by atoms with Gasteiger partial charge in [-0.15, -0.1) is 0 Å². The molecule has 7 atom stereocenters. The van der Waals surface area contributed by atoms with Gasteiger partial charge in [0.2, 0.25) is 53.2 Å². The van der Waals surface area contributed by atoms with Crippen molar-refractivity contribution in [2.45, 2.75) is 165 Å². The lowest BCUT2D eigenvalue weighted by atomic mass is 10.00. The molecule has 10 amide bonds. The molecule has 1 saturated heterocycles. The number of ether oxygens (including phenoxy) is 1. The Bertz CT molecular complexity index is 4000. The van der Waals surface area contributed by atoms with Gasteiger partial charge in [-0.3, -0.25) is 62.9 Å². The summed E-state index contributed by atoms with van der Waals surface area (Å²) >= 11 is 0. The first kappa shape index (κ1) is 80.6. The van der Waals surface area contributed by atoms with E-state index >= 15 is 14.4 Å². The molecular weight excluding hydrogens is 1350 g/mol. The molecule has 0 bridgehead atoms. The van der Waals surface area contributed by atoms with E-state index in [0.29, 0.717) is 24.9 Å². The molecule has 6 aromatic rings. The predicted molar refractivity (Wildman–Crippen MR) is 392 cm³/mol. The maximum absolute atomic E-state index is 15.2.